The third-order valence-electron chi connectivity index (χ3n) is 4.34. The van der Waals surface area contributed by atoms with E-state index >= 15 is 0 Å². The predicted molar refractivity (Wildman–Crippen MR) is 79.6 cm³/mol. The largest absolute Gasteiger partial charge is 0.462 e. The Morgan fingerprint density at radius 2 is 2.45 bits per heavy atom. The molecule has 0 bridgehead atoms. The molecule has 4 rings (SSSR count). The fourth-order valence-electron chi connectivity index (χ4n) is 3.39. The number of rotatable bonds is 3. The fraction of sp³-hybridized carbons (Fsp3) is 0.533. The monoisotopic (exact) mass is 289 g/mol. The van der Waals surface area contributed by atoms with Crippen molar-refractivity contribution in [3.63, 3.8) is 0 Å². The number of piperidine rings is 1. The lowest BCUT2D eigenvalue weighted by molar-refractivity contribution is 0.310. The summed E-state index contributed by atoms with van der Waals surface area (Å²) in [5.41, 5.74) is 1.17. The molecule has 4 heterocycles. The van der Waals surface area contributed by atoms with Gasteiger partial charge in [0.2, 0.25) is 0 Å². The number of hydrogen-bond donors (Lipinski definition) is 1. The summed E-state index contributed by atoms with van der Waals surface area (Å²) in [5, 5.41) is 6.80. The Labute approximate surface area is 122 Å². The minimum Gasteiger partial charge on any atom is -0.462 e. The number of likely N-dealkylation sites (tertiary alicyclic amines) is 1. The molecule has 4 nitrogen and oxygen atoms in total. The van der Waals surface area contributed by atoms with E-state index in [2.05, 4.69) is 15.6 Å². The van der Waals surface area contributed by atoms with Gasteiger partial charge in [0.05, 0.1) is 12.0 Å². The molecular weight excluding hydrogens is 270 g/mol. The number of nitrogens with zero attached hydrogens (tertiary/aromatic N) is 2. The summed E-state index contributed by atoms with van der Waals surface area (Å²) >= 11 is 1.67. The van der Waals surface area contributed by atoms with Crippen LogP contribution in [0.25, 0.3) is 10.8 Å². The van der Waals surface area contributed by atoms with Crippen LogP contribution in [0.5, 0.6) is 0 Å². The van der Waals surface area contributed by atoms with Crippen LogP contribution in [0.15, 0.2) is 28.2 Å². The highest BCUT2D eigenvalue weighted by Gasteiger charge is 2.34. The van der Waals surface area contributed by atoms with E-state index < -0.39 is 0 Å². The SMILES string of the molecule is c1coc(-c2nc(CN3C[C@@H]4CCCN[C@@H]4C3)cs2)c1. The molecule has 5 heteroatoms. The standard InChI is InChI=1S/C15H19N3OS/c1-3-11-7-18(9-13(11)16-5-1)8-12-10-20-15(17-12)14-4-2-6-19-14/h2,4,6,10-11,13,16H,1,3,5,7-9H2/t11-,13+/m0/s1. The molecule has 0 spiro atoms. The van der Waals surface area contributed by atoms with Crippen LogP contribution in [0, 0.1) is 5.92 Å². The van der Waals surface area contributed by atoms with Gasteiger partial charge in [-0.3, -0.25) is 4.90 Å². The number of fused-ring (bicyclic) bond motifs is 1. The van der Waals surface area contributed by atoms with Crippen LogP contribution >= 0.6 is 11.3 Å². The molecule has 20 heavy (non-hydrogen) atoms. The van der Waals surface area contributed by atoms with E-state index in [1.54, 1.807) is 17.6 Å². The summed E-state index contributed by atoms with van der Waals surface area (Å²) in [7, 11) is 0. The Morgan fingerprint density at radius 1 is 1.45 bits per heavy atom. The van der Waals surface area contributed by atoms with Crippen molar-refractivity contribution in [2.45, 2.75) is 25.4 Å². The van der Waals surface area contributed by atoms with Gasteiger partial charge in [-0.1, -0.05) is 0 Å². The second kappa shape index (κ2) is 5.31. The van der Waals surface area contributed by atoms with Gasteiger partial charge in [-0.05, 0) is 37.4 Å². The van der Waals surface area contributed by atoms with Crippen LogP contribution in [0.2, 0.25) is 0 Å². The van der Waals surface area contributed by atoms with Crippen molar-refractivity contribution >= 4 is 11.3 Å². The molecule has 0 amide bonds. The highest BCUT2D eigenvalue weighted by atomic mass is 32.1. The van der Waals surface area contributed by atoms with Crippen molar-refractivity contribution in [1.82, 2.24) is 15.2 Å². The van der Waals surface area contributed by atoms with Crippen LogP contribution in [0.3, 0.4) is 0 Å². The van der Waals surface area contributed by atoms with E-state index in [9.17, 15) is 0 Å². The van der Waals surface area contributed by atoms with Gasteiger partial charge in [0.25, 0.3) is 0 Å². The average Bonchev–Trinajstić information content (AvgIpc) is 3.18. The number of furan rings is 1. The normalized spacial score (nSPS) is 26.8. The molecule has 2 aromatic rings. The lowest BCUT2D eigenvalue weighted by Gasteiger charge is -2.24. The van der Waals surface area contributed by atoms with Crippen LogP contribution in [-0.4, -0.2) is 35.6 Å². The third kappa shape index (κ3) is 2.41. The maximum absolute atomic E-state index is 5.40. The lowest BCUT2D eigenvalue weighted by atomic mass is 9.94. The lowest BCUT2D eigenvalue weighted by Crippen LogP contribution is -2.40. The minimum absolute atomic E-state index is 0.701. The molecule has 1 N–H and O–H groups in total. The summed E-state index contributed by atoms with van der Waals surface area (Å²) in [6, 6.07) is 4.58. The first kappa shape index (κ1) is 12.6. The van der Waals surface area contributed by atoms with E-state index in [1.807, 2.05) is 12.1 Å². The predicted octanol–water partition coefficient (Wildman–Crippen LogP) is 2.59. The van der Waals surface area contributed by atoms with Gasteiger partial charge in [0.15, 0.2) is 10.8 Å². The Bertz CT molecular complexity index is 551. The van der Waals surface area contributed by atoms with E-state index in [4.69, 9.17) is 9.40 Å². The maximum Gasteiger partial charge on any atom is 0.162 e. The summed E-state index contributed by atoms with van der Waals surface area (Å²) < 4.78 is 5.40. The van der Waals surface area contributed by atoms with Gasteiger partial charge in [0.1, 0.15) is 0 Å². The van der Waals surface area contributed by atoms with Crippen LogP contribution in [-0.2, 0) is 6.54 Å². The number of hydrogen-bond acceptors (Lipinski definition) is 5. The molecule has 106 valence electrons. The molecule has 0 aromatic carbocycles. The molecule has 2 aliphatic heterocycles. The molecule has 0 aliphatic carbocycles. The van der Waals surface area contributed by atoms with Crippen molar-refractivity contribution in [2.75, 3.05) is 19.6 Å². The Balaban J connectivity index is 1.42. The highest BCUT2D eigenvalue weighted by molar-refractivity contribution is 7.13. The summed E-state index contributed by atoms with van der Waals surface area (Å²) in [5.74, 6) is 1.71. The van der Waals surface area contributed by atoms with Gasteiger partial charge < -0.3 is 9.73 Å². The average molecular weight is 289 g/mol. The molecule has 0 radical (unpaired) electrons. The van der Waals surface area contributed by atoms with E-state index in [0.717, 1.165) is 29.8 Å². The molecule has 2 saturated heterocycles. The second-order valence-electron chi connectivity index (χ2n) is 5.78. The summed E-state index contributed by atoms with van der Waals surface area (Å²) in [4.78, 5) is 7.23. The molecule has 2 atom stereocenters. The Kier molecular flexibility index (Phi) is 3.34. The van der Waals surface area contributed by atoms with Crippen LogP contribution in [0.1, 0.15) is 18.5 Å². The molecule has 0 unspecified atom stereocenters. The quantitative estimate of drug-likeness (QED) is 0.943. The summed E-state index contributed by atoms with van der Waals surface area (Å²) in [6.07, 6.45) is 4.41. The molecular formula is C15H19N3OS. The first-order chi connectivity index (χ1) is 9.88. The van der Waals surface area contributed by atoms with E-state index in [0.29, 0.717) is 6.04 Å². The maximum atomic E-state index is 5.40. The second-order valence-corrected chi connectivity index (χ2v) is 6.64. The minimum atomic E-state index is 0.701. The molecule has 2 aliphatic rings. The molecule has 0 saturated carbocycles. The number of thiazole rings is 1. The number of aromatic nitrogens is 1. The molecule has 2 fully saturated rings. The van der Waals surface area contributed by atoms with Crippen LogP contribution < -0.4 is 5.32 Å². The zero-order valence-electron chi connectivity index (χ0n) is 11.4. The van der Waals surface area contributed by atoms with Gasteiger partial charge in [0, 0.05) is 31.1 Å². The summed E-state index contributed by atoms with van der Waals surface area (Å²) in [6.45, 7) is 4.53. The first-order valence-corrected chi connectivity index (χ1v) is 8.20. The van der Waals surface area contributed by atoms with Gasteiger partial charge >= 0.3 is 0 Å². The van der Waals surface area contributed by atoms with Crippen molar-refractivity contribution in [3.05, 3.63) is 29.5 Å². The van der Waals surface area contributed by atoms with Gasteiger partial charge in [-0.2, -0.15) is 0 Å². The first-order valence-electron chi connectivity index (χ1n) is 7.32. The van der Waals surface area contributed by atoms with Gasteiger partial charge in [-0.25, -0.2) is 4.98 Å². The third-order valence-corrected chi connectivity index (χ3v) is 5.25. The number of nitrogens with one attached hydrogen (secondary N) is 1. The van der Waals surface area contributed by atoms with Gasteiger partial charge in [-0.15, -0.1) is 11.3 Å². The zero-order valence-corrected chi connectivity index (χ0v) is 12.2. The Hall–Kier alpha value is -1.17. The fourth-order valence-corrected chi connectivity index (χ4v) is 4.16. The molecule has 2 aromatic heterocycles. The topological polar surface area (TPSA) is 41.3 Å². The highest BCUT2D eigenvalue weighted by Crippen LogP contribution is 2.28. The van der Waals surface area contributed by atoms with E-state index in [-0.39, 0.29) is 0 Å². The zero-order chi connectivity index (χ0) is 13.4. The van der Waals surface area contributed by atoms with Crippen molar-refractivity contribution in [2.24, 2.45) is 5.92 Å². The van der Waals surface area contributed by atoms with Crippen molar-refractivity contribution in [1.29, 1.82) is 0 Å². The van der Waals surface area contributed by atoms with Crippen LogP contribution in [0.4, 0.5) is 0 Å². The van der Waals surface area contributed by atoms with Crippen molar-refractivity contribution in [3.8, 4) is 10.8 Å². The Morgan fingerprint density at radius 3 is 3.30 bits per heavy atom. The smallest absolute Gasteiger partial charge is 0.162 e. The van der Waals surface area contributed by atoms with Crippen molar-refractivity contribution < 1.29 is 4.42 Å². The van der Waals surface area contributed by atoms with E-state index in [1.165, 1.54) is 31.6 Å².